The van der Waals surface area contributed by atoms with Crippen molar-refractivity contribution in [2.24, 2.45) is 0 Å². The Balaban J connectivity index is 1.83. The monoisotopic (exact) mass is 423 g/mol. The number of nitrogens with one attached hydrogen (secondary N) is 2. The molecule has 2 N–H and O–H groups in total. The third-order valence-electron chi connectivity index (χ3n) is 4.60. The molecule has 1 amide bonds. The number of hydrogen-bond acceptors (Lipinski definition) is 5. The molecule has 3 rings (SSSR count). The first-order chi connectivity index (χ1) is 13.4. The van der Waals surface area contributed by atoms with E-state index in [9.17, 15) is 9.59 Å². The SMILES string of the molecule is COC(=O)c1c(NC(=O)C[NH+]2C[C@@H](C)O[C@H](C)C2)sc(Cl)c1-c1ccccc1. The van der Waals surface area contributed by atoms with Crippen LogP contribution in [0.5, 0.6) is 0 Å². The summed E-state index contributed by atoms with van der Waals surface area (Å²) in [5.41, 5.74) is 1.66. The zero-order valence-corrected chi connectivity index (χ0v) is 17.7. The molecule has 1 aromatic carbocycles. The van der Waals surface area contributed by atoms with Gasteiger partial charge in [-0.05, 0) is 19.4 Å². The Bertz CT molecular complexity index is 845. The number of halogens is 1. The van der Waals surface area contributed by atoms with Crippen LogP contribution in [-0.2, 0) is 14.3 Å². The van der Waals surface area contributed by atoms with Gasteiger partial charge in [0.25, 0.3) is 5.91 Å². The van der Waals surface area contributed by atoms with Gasteiger partial charge in [-0.3, -0.25) is 4.79 Å². The van der Waals surface area contributed by atoms with E-state index in [0.29, 0.717) is 21.4 Å². The molecule has 1 aliphatic rings. The summed E-state index contributed by atoms with van der Waals surface area (Å²) < 4.78 is 11.1. The van der Waals surface area contributed by atoms with Crippen molar-refractivity contribution in [3.8, 4) is 11.1 Å². The Labute approximate surface area is 173 Å². The number of amides is 1. The molecule has 2 aromatic rings. The molecule has 28 heavy (non-hydrogen) atoms. The number of esters is 1. The molecule has 0 aliphatic carbocycles. The number of thiophene rings is 1. The molecule has 1 aliphatic heterocycles. The number of methoxy groups -OCH3 is 1. The molecular weight excluding hydrogens is 400 g/mol. The highest BCUT2D eigenvalue weighted by atomic mass is 35.5. The van der Waals surface area contributed by atoms with E-state index in [1.807, 2.05) is 44.2 Å². The Kier molecular flexibility index (Phi) is 6.72. The zero-order valence-electron chi connectivity index (χ0n) is 16.1. The highest BCUT2D eigenvalue weighted by Crippen LogP contribution is 2.43. The first-order valence-electron chi connectivity index (χ1n) is 9.14. The summed E-state index contributed by atoms with van der Waals surface area (Å²) in [4.78, 5) is 26.3. The molecule has 1 fully saturated rings. The summed E-state index contributed by atoms with van der Waals surface area (Å²) in [6.45, 7) is 5.85. The zero-order chi connectivity index (χ0) is 20.3. The van der Waals surface area contributed by atoms with E-state index >= 15 is 0 Å². The summed E-state index contributed by atoms with van der Waals surface area (Å²) in [5.74, 6) is -0.697. The van der Waals surface area contributed by atoms with Crippen molar-refractivity contribution in [2.75, 3.05) is 32.1 Å². The minimum Gasteiger partial charge on any atom is -0.465 e. The third kappa shape index (κ3) is 4.72. The maximum absolute atomic E-state index is 12.7. The standard InChI is InChI=1S/C20H23ClN2O4S/c1-12-9-23(10-13(2)27-12)11-15(24)22-19-17(20(25)26-3)16(18(21)28-19)14-7-5-4-6-8-14/h4-8,12-13H,9-11H2,1-3H3,(H,22,24)/p+1/t12-,13-/m1/s1. The van der Waals surface area contributed by atoms with Crippen molar-refractivity contribution in [2.45, 2.75) is 26.1 Å². The van der Waals surface area contributed by atoms with E-state index in [0.717, 1.165) is 23.6 Å². The van der Waals surface area contributed by atoms with Crippen molar-refractivity contribution >= 4 is 39.8 Å². The number of carbonyl (C=O) groups is 2. The van der Waals surface area contributed by atoms with E-state index < -0.39 is 5.97 Å². The molecule has 0 saturated carbocycles. The molecular formula is C20H24ClN2O4S+. The Morgan fingerprint density at radius 2 is 1.89 bits per heavy atom. The van der Waals surface area contributed by atoms with Gasteiger partial charge in [0.05, 0.1) is 7.11 Å². The number of anilines is 1. The molecule has 6 nitrogen and oxygen atoms in total. The number of quaternary nitrogens is 1. The average Bonchev–Trinajstić information content (AvgIpc) is 2.96. The molecule has 150 valence electrons. The van der Waals surface area contributed by atoms with Gasteiger partial charge in [0.1, 0.15) is 40.2 Å². The third-order valence-corrected chi connectivity index (χ3v) is 5.91. The van der Waals surface area contributed by atoms with Crippen molar-refractivity contribution in [3.05, 3.63) is 40.2 Å². The van der Waals surface area contributed by atoms with E-state index in [1.54, 1.807) is 0 Å². The van der Waals surface area contributed by atoms with Crippen LogP contribution in [0.3, 0.4) is 0 Å². The first-order valence-corrected chi connectivity index (χ1v) is 10.3. The second-order valence-corrected chi connectivity index (χ2v) is 8.58. The van der Waals surface area contributed by atoms with Crippen LogP contribution in [0.1, 0.15) is 24.2 Å². The fraction of sp³-hybridized carbons (Fsp3) is 0.400. The normalized spacial score (nSPS) is 21.9. The topological polar surface area (TPSA) is 69.1 Å². The molecule has 1 saturated heterocycles. The highest BCUT2D eigenvalue weighted by molar-refractivity contribution is 7.21. The van der Waals surface area contributed by atoms with Gasteiger partial charge in [-0.15, -0.1) is 11.3 Å². The minimum absolute atomic E-state index is 0.109. The van der Waals surface area contributed by atoms with E-state index in [2.05, 4.69) is 5.32 Å². The van der Waals surface area contributed by atoms with Crippen LogP contribution in [0.4, 0.5) is 5.00 Å². The van der Waals surface area contributed by atoms with E-state index in [1.165, 1.54) is 18.4 Å². The van der Waals surface area contributed by atoms with E-state index in [4.69, 9.17) is 21.1 Å². The van der Waals surface area contributed by atoms with Crippen LogP contribution >= 0.6 is 22.9 Å². The lowest BCUT2D eigenvalue weighted by atomic mass is 10.0. The predicted octanol–water partition coefficient (Wildman–Crippen LogP) is 2.49. The highest BCUT2D eigenvalue weighted by Gasteiger charge is 2.29. The summed E-state index contributed by atoms with van der Waals surface area (Å²) in [6.07, 6.45) is 0.219. The number of hydrogen-bond donors (Lipinski definition) is 2. The van der Waals surface area contributed by atoms with Crippen LogP contribution in [0, 0.1) is 0 Å². The Hall–Kier alpha value is -1.93. The second-order valence-electron chi connectivity index (χ2n) is 6.95. The summed E-state index contributed by atoms with van der Waals surface area (Å²) in [6, 6.07) is 9.36. The number of carbonyl (C=O) groups excluding carboxylic acids is 2. The lowest BCUT2D eigenvalue weighted by Gasteiger charge is -2.31. The molecule has 1 aromatic heterocycles. The fourth-order valence-electron chi connectivity index (χ4n) is 3.58. The van der Waals surface area contributed by atoms with Crippen molar-refractivity contribution < 1.29 is 24.0 Å². The van der Waals surface area contributed by atoms with Crippen LogP contribution < -0.4 is 10.2 Å². The van der Waals surface area contributed by atoms with Gasteiger partial charge in [-0.2, -0.15) is 0 Å². The number of ether oxygens (including phenoxy) is 2. The van der Waals surface area contributed by atoms with Crippen LogP contribution in [0.25, 0.3) is 11.1 Å². The number of rotatable bonds is 5. The molecule has 0 radical (unpaired) electrons. The largest absolute Gasteiger partial charge is 0.465 e. The van der Waals surface area contributed by atoms with E-state index in [-0.39, 0.29) is 23.7 Å². The van der Waals surface area contributed by atoms with Gasteiger partial charge in [0.15, 0.2) is 6.54 Å². The minimum atomic E-state index is -0.529. The van der Waals surface area contributed by atoms with Crippen LogP contribution in [0.2, 0.25) is 4.34 Å². The maximum Gasteiger partial charge on any atom is 0.341 e. The van der Waals surface area contributed by atoms with Gasteiger partial charge in [0, 0.05) is 5.56 Å². The van der Waals surface area contributed by atoms with Crippen molar-refractivity contribution in [1.29, 1.82) is 0 Å². The van der Waals surface area contributed by atoms with Gasteiger partial charge >= 0.3 is 5.97 Å². The van der Waals surface area contributed by atoms with Gasteiger partial charge in [0.2, 0.25) is 0 Å². The maximum atomic E-state index is 12.7. The number of morpholine rings is 1. The fourth-order valence-corrected chi connectivity index (χ4v) is 4.97. The lowest BCUT2D eigenvalue weighted by molar-refractivity contribution is -0.907. The number of benzene rings is 1. The summed E-state index contributed by atoms with van der Waals surface area (Å²) in [7, 11) is 1.31. The van der Waals surface area contributed by atoms with Crippen LogP contribution in [0.15, 0.2) is 30.3 Å². The van der Waals surface area contributed by atoms with Crippen molar-refractivity contribution in [3.63, 3.8) is 0 Å². The quantitative estimate of drug-likeness (QED) is 0.725. The van der Waals surface area contributed by atoms with Crippen molar-refractivity contribution in [1.82, 2.24) is 0 Å². The molecule has 2 atom stereocenters. The average molecular weight is 424 g/mol. The van der Waals surface area contributed by atoms with Crippen LogP contribution in [-0.4, -0.2) is 50.8 Å². The molecule has 8 heteroatoms. The Morgan fingerprint density at radius 3 is 2.50 bits per heavy atom. The Morgan fingerprint density at radius 1 is 1.25 bits per heavy atom. The summed E-state index contributed by atoms with van der Waals surface area (Å²) >= 11 is 7.61. The predicted molar refractivity (Wildman–Crippen MR) is 110 cm³/mol. The smallest absolute Gasteiger partial charge is 0.341 e. The molecule has 2 heterocycles. The molecule has 0 bridgehead atoms. The van der Waals surface area contributed by atoms with Gasteiger partial charge in [-0.25, -0.2) is 4.79 Å². The lowest BCUT2D eigenvalue weighted by Crippen LogP contribution is -3.16. The summed E-state index contributed by atoms with van der Waals surface area (Å²) in [5, 5.41) is 3.28. The second kappa shape index (κ2) is 9.05. The van der Waals surface area contributed by atoms with Gasteiger partial charge in [-0.1, -0.05) is 41.9 Å². The first kappa shape index (κ1) is 20.8. The molecule has 0 unspecified atom stereocenters. The van der Waals surface area contributed by atoms with Gasteiger partial charge < -0.3 is 19.7 Å². The molecule has 0 spiro atoms.